The molecule has 0 saturated heterocycles. The lowest BCUT2D eigenvalue weighted by Gasteiger charge is -2.22. The van der Waals surface area contributed by atoms with Gasteiger partial charge in [0.05, 0.1) is 0 Å². The van der Waals surface area contributed by atoms with Crippen molar-refractivity contribution < 1.29 is 13.2 Å². The van der Waals surface area contributed by atoms with Crippen LogP contribution in [0.1, 0.15) is 11.1 Å². The van der Waals surface area contributed by atoms with E-state index in [1.165, 1.54) is 11.9 Å². The Hall–Kier alpha value is -1.23. The number of nitrogens with two attached hydrogens (primary N) is 1. The number of aryl methyl sites for hydroxylation is 1. The number of anilines is 1. The zero-order valence-electron chi connectivity index (χ0n) is 10.0. The predicted octanol–water partition coefficient (Wildman–Crippen LogP) is 2.49. The Kier molecular flexibility index (Phi) is 4.40. The SMILES string of the molecule is Cc1cc(N(C)CC(F)(F)F)ccc1CCN. The van der Waals surface area contributed by atoms with E-state index >= 15 is 0 Å². The summed E-state index contributed by atoms with van der Waals surface area (Å²) < 4.78 is 36.7. The third kappa shape index (κ3) is 4.26. The first-order valence-electron chi connectivity index (χ1n) is 5.41. The van der Waals surface area contributed by atoms with Crippen molar-refractivity contribution in [2.75, 3.05) is 25.0 Å². The van der Waals surface area contributed by atoms with Gasteiger partial charge in [-0.1, -0.05) is 6.07 Å². The molecule has 2 nitrogen and oxygen atoms in total. The highest BCUT2D eigenvalue weighted by Gasteiger charge is 2.29. The van der Waals surface area contributed by atoms with Crippen LogP contribution in [-0.2, 0) is 6.42 Å². The average molecular weight is 246 g/mol. The number of hydrogen-bond acceptors (Lipinski definition) is 2. The van der Waals surface area contributed by atoms with Crippen molar-refractivity contribution in [3.05, 3.63) is 29.3 Å². The zero-order chi connectivity index (χ0) is 13.1. The molecule has 0 fully saturated rings. The minimum absolute atomic E-state index is 0.540. The van der Waals surface area contributed by atoms with Gasteiger partial charge in [0, 0.05) is 12.7 Å². The Morgan fingerprint density at radius 2 is 1.94 bits per heavy atom. The van der Waals surface area contributed by atoms with E-state index in [9.17, 15) is 13.2 Å². The van der Waals surface area contributed by atoms with E-state index in [1.54, 1.807) is 12.1 Å². The quantitative estimate of drug-likeness (QED) is 0.884. The van der Waals surface area contributed by atoms with Crippen LogP contribution in [-0.4, -0.2) is 26.3 Å². The molecule has 0 spiro atoms. The summed E-state index contributed by atoms with van der Waals surface area (Å²) >= 11 is 0. The molecule has 0 radical (unpaired) electrons. The van der Waals surface area contributed by atoms with Crippen LogP contribution in [0.15, 0.2) is 18.2 Å². The van der Waals surface area contributed by atoms with E-state index in [2.05, 4.69) is 0 Å². The highest BCUT2D eigenvalue weighted by molar-refractivity contribution is 5.50. The predicted molar refractivity (Wildman–Crippen MR) is 63.3 cm³/mol. The highest BCUT2D eigenvalue weighted by Crippen LogP contribution is 2.23. The summed E-state index contributed by atoms with van der Waals surface area (Å²) in [7, 11) is 1.44. The minimum Gasteiger partial charge on any atom is -0.366 e. The molecule has 1 aromatic carbocycles. The van der Waals surface area contributed by atoms with E-state index < -0.39 is 12.7 Å². The monoisotopic (exact) mass is 246 g/mol. The first-order valence-corrected chi connectivity index (χ1v) is 5.41. The summed E-state index contributed by atoms with van der Waals surface area (Å²) in [4.78, 5) is 1.19. The normalized spacial score (nSPS) is 11.6. The summed E-state index contributed by atoms with van der Waals surface area (Å²) in [5, 5.41) is 0. The largest absolute Gasteiger partial charge is 0.405 e. The standard InChI is InChI=1S/C12H17F3N2/c1-9-7-11(4-3-10(9)5-6-16)17(2)8-12(13,14)15/h3-4,7H,5-6,8,16H2,1-2H3. The van der Waals surface area contributed by atoms with Crippen LogP contribution in [0, 0.1) is 6.92 Å². The summed E-state index contributed by atoms with van der Waals surface area (Å²) in [6.07, 6.45) is -3.44. The molecule has 0 aliphatic carbocycles. The van der Waals surface area contributed by atoms with Crippen molar-refractivity contribution in [1.82, 2.24) is 0 Å². The number of nitrogens with zero attached hydrogens (tertiary/aromatic N) is 1. The third-order valence-corrected chi connectivity index (χ3v) is 2.60. The molecule has 1 rings (SSSR count). The van der Waals surface area contributed by atoms with Gasteiger partial charge < -0.3 is 10.6 Å². The van der Waals surface area contributed by atoms with Crippen LogP contribution >= 0.6 is 0 Å². The van der Waals surface area contributed by atoms with Crippen LogP contribution in [0.25, 0.3) is 0 Å². The van der Waals surface area contributed by atoms with Gasteiger partial charge in [-0.15, -0.1) is 0 Å². The molecule has 5 heteroatoms. The molecule has 17 heavy (non-hydrogen) atoms. The molecule has 0 aliphatic heterocycles. The molecule has 0 unspecified atom stereocenters. The van der Waals surface area contributed by atoms with Gasteiger partial charge in [0.2, 0.25) is 0 Å². The smallest absolute Gasteiger partial charge is 0.366 e. The van der Waals surface area contributed by atoms with Crippen molar-refractivity contribution in [2.45, 2.75) is 19.5 Å². The van der Waals surface area contributed by atoms with E-state index in [0.29, 0.717) is 12.2 Å². The average Bonchev–Trinajstić information content (AvgIpc) is 2.18. The third-order valence-electron chi connectivity index (χ3n) is 2.60. The van der Waals surface area contributed by atoms with Gasteiger partial charge in [0.25, 0.3) is 0 Å². The molecular formula is C12H17F3N2. The number of alkyl halides is 3. The van der Waals surface area contributed by atoms with Gasteiger partial charge in [-0.3, -0.25) is 0 Å². The second kappa shape index (κ2) is 5.40. The Morgan fingerprint density at radius 1 is 1.29 bits per heavy atom. The Labute approximate surface area is 99.2 Å². The van der Waals surface area contributed by atoms with Crippen LogP contribution in [0.5, 0.6) is 0 Å². The molecule has 0 saturated carbocycles. The maximum atomic E-state index is 12.2. The van der Waals surface area contributed by atoms with E-state index in [-0.39, 0.29) is 0 Å². The minimum atomic E-state index is -4.18. The van der Waals surface area contributed by atoms with Gasteiger partial charge >= 0.3 is 6.18 Å². The second-order valence-electron chi connectivity index (χ2n) is 4.12. The van der Waals surface area contributed by atoms with Crippen LogP contribution < -0.4 is 10.6 Å². The van der Waals surface area contributed by atoms with Crippen molar-refractivity contribution in [2.24, 2.45) is 5.73 Å². The first kappa shape index (κ1) is 13.8. The van der Waals surface area contributed by atoms with E-state index in [4.69, 9.17) is 5.73 Å². The molecule has 0 aliphatic rings. The molecule has 0 amide bonds. The van der Waals surface area contributed by atoms with Gasteiger partial charge in [0.15, 0.2) is 0 Å². The molecular weight excluding hydrogens is 229 g/mol. The second-order valence-corrected chi connectivity index (χ2v) is 4.12. The van der Waals surface area contributed by atoms with Gasteiger partial charge in [0.1, 0.15) is 6.54 Å². The summed E-state index contributed by atoms with van der Waals surface area (Å²) in [6.45, 7) is 1.48. The van der Waals surface area contributed by atoms with E-state index in [1.807, 2.05) is 13.0 Å². The topological polar surface area (TPSA) is 29.3 Å². The van der Waals surface area contributed by atoms with Gasteiger partial charge in [-0.2, -0.15) is 13.2 Å². The molecule has 0 heterocycles. The lowest BCUT2D eigenvalue weighted by Crippen LogP contribution is -2.30. The van der Waals surface area contributed by atoms with Crippen LogP contribution in [0.3, 0.4) is 0 Å². The summed E-state index contributed by atoms with van der Waals surface area (Å²) in [5.41, 5.74) is 8.08. The van der Waals surface area contributed by atoms with Crippen molar-refractivity contribution in [1.29, 1.82) is 0 Å². The number of rotatable bonds is 4. The number of benzene rings is 1. The number of hydrogen-bond donors (Lipinski definition) is 1. The van der Waals surface area contributed by atoms with Crippen molar-refractivity contribution in [3.8, 4) is 0 Å². The fraction of sp³-hybridized carbons (Fsp3) is 0.500. The van der Waals surface area contributed by atoms with Crippen LogP contribution in [0.2, 0.25) is 0 Å². The maximum Gasteiger partial charge on any atom is 0.405 e. The fourth-order valence-corrected chi connectivity index (χ4v) is 1.71. The summed E-state index contributed by atoms with van der Waals surface area (Å²) in [5.74, 6) is 0. The Morgan fingerprint density at radius 3 is 2.41 bits per heavy atom. The lowest BCUT2D eigenvalue weighted by atomic mass is 10.0. The molecule has 0 bridgehead atoms. The summed E-state index contributed by atoms with van der Waals surface area (Å²) in [6, 6.07) is 5.30. The molecule has 2 N–H and O–H groups in total. The first-order chi connectivity index (χ1) is 7.83. The lowest BCUT2D eigenvalue weighted by molar-refractivity contribution is -0.119. The molecule has 96 valence electrons. The maximum absolute atomic E-state index is 12.2. The molecule has 0 aromatic heterocycles. The van der Waals surface area contributed by atoms with Gasteiger partial charge in [-0.05, 0) is 43.1 Å². The van der Waals surface area contributed by atoms with Crippen LogP contribution in [0.4, 0.5) is 18.9 Å². The Bertz CT molecular complexity index is 375. The fourth-order valence-electron chi connectivity index (χ4n) is 1.71. The van der Waals surface area contributed by atoms with Gasteiger partial charge in [-0.25, -0.2) is 0 Å². The Balaban J connectivity index is 2.82. The van der Waals surface area contributed by atoms with E-state index in [0.717, 1.165) is 17.5 Å². The highest BCUT2D eigenvalue weighted by atomic mass is 19.4. The zero-order valence-corrected chi connectivity index (χ0v) is 10.0. The molecule has 1 aromatic rings. The van der Waals surface area contributed by atoms with Crippen molar-refractivity contribution in [3.63, 3.8) is 0 Å². The molecule has 0 atom stereocenters. The number of halogens is 3. The van der Waals surface area contributed by atoms with Crippen molar-refractivity contribution >= 4 is 5.69 Å².